The van der Waals surface area contributed by atoms with E-state index in [9.17, 15) is 14.9 Å². The van der Waals surface area contributed by atoms with Crippen molar-refractivity contribution in [3.63, 3.8) is 0 Å². The zero-order chi connectivity index (χ0) is 23.8. The van der Waals surface area contributed by atoms with Crippen LogP contribution in [0.5, 0.6) is 0 Å². The molecule has 1 N–H and O–H groups in total. The van der Waals surface area contributed by atoms with Crippen LogP contribution in [-0.2, 0) is 14.3 Å². The molecule has 176 valence electrons. The van der Waals surface area contributed by atoms with Crippen LogP contribution >= 0.6 is 0 Å². The highest BCUT2D eigenvalue weighted by molar-refractivity contribution is 6.02. The molecule has 1 atom stereocenters. The van der Waals surface area contributed by atoms with Gasteiger partial charge in [-0.2, -0.15) is 5.26 Å². The fourth-order valence-corrected chi connectivity index (χ4v) is 4.65. The number of rotatable bonds is 9. The Morgan fingerprint density at radius 2 is 1.91 bits per heavy atom. The van der Waals surface area contributed by atoms with Crippen molar-refractivity contribution in [2.75, 3.05) is 26.8 Å². The van der Waals surface area contributed by atoms with Crippen LogP contribution < -0.4 is 5.32 Å². The highest BCUT2D eigenvalue weighted by Crippen LogP contribution is 2.23. The molecule has 7 nitrogen and oxygen atoms in total. The first kappa shape index (κ1) is 25.7. The third-order valence-corrected chi connectivity index (χ3v) is 6.51. The topological polar surface area (TPSA) is 87.4 Å². The van der Waals surface area contributed by atoms with Crippen molar-refractivity contribution in [1.29, 1.82) is 5.26 Å². The van der Waals surface area contributed by atoms with E-state index in [1.807, 2.05) is 38.7 Å². The van der Waals surface area contributed by atoms with Crippen molar-refractivity contribution >= 4 is 17.9 Å². The number of carbonyl (C=O) groups excluding carboxylic acids is 2. The molecule has 1 aromatic rings. The van der Waals surface area contributed by atoms with Gasteiger partial charge in [0.2, 0.25) is 5.91 Å². The first-order chi connectivity index (χ1) is 15.3. The number of carbonyl (C=O) groups is 2. The second kappa shape index (κ2) is 11.9. The molecule has 2 heterocycles. The Kier molecular flexibility index (Phi) is 9.52. The summed E-state index contributed by atoms with van der Waals surface area (Å²) in [7, 11) is 1.68. The van der Waals surface area contributed by atoms with Gasteiger partial charge in [0, 0.05) is 43.5 Å². The van der Waals surface area contributed by atoms with Gasteiger partial charge < -0.3 is 19.5 Å². The standard InChI is InChI=1S/C25H38N4O3/c1-7-20(8-2)25(31)28-11-9-23(10-12-28)27-24(30)22(15-26)14-21-13-17(3)29(19(21)5)18(4)16-32-6/h13-14,18,20,23H,7-12,16H2,1-6H3,(H,27,30)/b22-14+. The first-order valence-corrected chi connectivity index (χ1v) is 11.7. The zero-order valence-electron chi connectivity index (χ0n) is 20.4. The highest BCUT2D eigenvalue weighted by atomic mass is 16.5. The number of aryl methyl sites for hydroxylation is 1. The normalized spacial score (nSPS) is 16.2. The lowest BCUT2D eigenvalue weighted by Gasteiger charge is -2.34. The van der Waals surface area contributed by atoms with Crippen LogP contribution in [0.4, 0.5) is 0 Å². The van der Waals surface area contributed by atoms with Crippen molar-refractivity contribution in [3.05, 3.63) is 28.6 Å². The maximum absolute atomic E-state index is 12.8. The number of piperidine rings is 1. The average Bonchev–Trinajstić information content (AvgIpc) is 3.06. The minimum Gasteiger partial charge on any atom is -0.383 e. The number of methoxy groups -OCH3 is 1. The molecule has 2 amide bonds. The van der Waals surface area contributed by atoms with E-state index in [1.165, 1.54) is 0 Å². The number of aromatic nitrogens is 1. The third-order valence-electron chi connectivity index (χ3n) is 6.51. The van der Waals surface area contributed by atoms with Gasteiger partial charge in [-0.15, -0.1) is 0 Å². The van der Waals surface area contributed by atoms with Crippen molar-refractivity contribution in [3.8, 4) is 6.07 Å². The van der Waals surface area contributed by atoms with Crippen LogP contribution in [-0.4, -0.2) is 54.1 Å². The van der Waals surface area contributed by atoms with E-state index in [-0.39, 0.29) is 35.4 Å². The molecule has 0 spiro atoms. The van der Waals surface area contributed by atoms with Gasteiger partial charge in [0.25, 0.3) is 5.91 Å². The van der Waals surface area contributed by atoms with Gasteiger partial charge in [-0.3, -0.25) is 9.59 Å². The maximum atomic E-state index is 12.8. The molecule has 1 saturated heterocycles. The molecule has 1 fully saturated rings. The number of likely N-dealkylation sites (tertiary alicyclic amines) is 1. The van der Waals surface area contributed by atoms with Gasteiger partial charge in [0.1, 0.15) is 11.6 Å². The van der Waals surface area contributed by atoms with E-state index in [1.54, 1.807) is 13.2 Å². The van der Waals surface area contributed by atoms with Crippen LogP contribution in [0.2, 0.25) is 0 Å². The number of amides is 2. The molecule has 1 aromatic heterocycles. The second-order valence-corrected chi connectivity index (χ2v) is 8.76. The molecule has 0 bridgehead atoms. The lowest BCUT2D eigenvalue weighted by Crippen LogP contribution is -2.48. The molecular formula is C25H38N4O3. The Labute approximate surface area is 192 Å². The Hall–Kier alpha value is -2.59. The van der Waals surface area contributed by atoms with E-state index in [0.717, 1.165) is 29.8 Å². The van der Waals surface area contributed by atoms with Crippen LogP contribution in [0.25, 0.3) is 6.08 Å². The summed E-state index contributed by atoms with van der Waals surface area (Å²) in [5, 5.41) is 12.6. The quantitative estimate of drug-likeness (QED) is 0.466. The van der Waals surface area contributed by atoms with Crippen molar-refractivity contribution < 1.29 is 14.3 Å². The minimum absolute atomic E-state index is 0.0286. The summed E-state index contributed by atoms with van der Waals surface area (Å²) >= 11 is 0. The van der Waals surface area contributed by atoms with Crippen LogP contribution in [0.15, 0.2) is 11.6 Å². The molecule has 1 aliphatic rings. The molecule has 32 heavy (non-hydrogen) atoms. The predicted octanol–water partition coefficient (Wildman–Crippen LogP) is 3.76. The van der Waals surface area contributed by atoms with Crippen LogP contribution in [0.3, 0.4) is 0 Å². The van der Waals surface area contributed by atoms with Gasteiger partial charge in [-0.05, 0) is 64.2 Å². The summed E-state index contributed by atoms with van der Waals surface area (Å²) in [5.74, 6) is -0.0534. The summed E-state index contributed by atoms with van der Waals surface area (Å²) in [6.07, 6.45) is 4.79. The molecule has 7 heteroatoms. The van der Waals surface area contributed by atoms with Crippen molar-refractivity contribution in [2.24, 2.45) is 5.92 Å². The Balaban J connectivity index is 2.04. The van der Waals surface area contributed by atoms with Crippen LogP contribution in [0.1, 0.15) is 69.4 Å². The van der Waals surface area contributed by atoms with Crippen LogP contribution in [0, 0.1) is 31.1 Å². The van der Waals surface area contributed by atoms with Crippen molar-refractivity contribution in [1.82, 2.24) is 14.8 Å². The van der Waals surface area contributed by atoms with Gasteiger partial charge in [-0.1, -0.05) is 13.8 Å². The molecule has 1 aliphatic heterocycles. The fourth-order valence-electron chi connectivity index (χ4n) is 4.65. The molecule has 0 aromatic carbocycles. The summed E-state index contributed by atoms with van der Waals surface area (Å²) in [6.45, 7) is 12.0. The van der Waals surface area contributed by atoms with E-state index < -0.39 is 0 Å². The molecule has 0 radical (unpaired) electrons. The lowest BCUT2D eigenvalue weighted by molar-refractivity contribution is -0.136. The van der Waals surface area contributed by atoms with Gasteiger partial charge in [0.15, 0.2) is 0 Å². The highest BCUT2D eigenvalue weighted by Gasteiger charge is 2.27. The van der Waals surface area contributed by atoms with E-state index in [4.69, 9.17) is 4.74 Å². The second-order valence-electron chi connectivity index (χ2n) is 8.76. The molecule has 0 aliphatic carbocycles. The van der Waals surface area contributed by atoms with Gasteiger partial charge >= 0.3 is 0 Å². The largest absolute Gasteiger partial charge is 0.383 e. The van der Waals surface area contributed by atoms with Crippen molar-refractivity contribution in [2.45, 2.75) is 72.4 Å². The summed E-state index contributed by atoms with van der Waals surface area (Å²) < 4.78 is 7.43. The van der Waals surface area contributed by atoms with E-state index in [2.05, 4.69) is 22.9 Å². The molecule has 1 unspecified atom stereocenters. The van der Waals surface area contributed by atoms with E-state index in [0.29, 0.717) is 32.5 Å². The lowest BCUT2D eigenvalue weighted by atomic mass is 9.98. The number of hydrogen-bond acceptors (Lipinski definition) is 4. The third kappa shape index (κ3) is 6.01. The number of nitriles is 1. The first-order valence-electron chi connectivity index (χ1n) is 11.7. The number of nitrogens with zero attached hydrogens (tertiary/aromatic N) is 3. The average molecular weight is 443 g/mol. The summed E-state index contributed by atoms with van der Waals surface area (Å²) in [6, 6.07) is 4.19. The smallest absolute Gasteiger partial charge is 0.262 e. The predicted molar refractivity (Wildman–Crippen MR) is 126 cm³/mol. The molecule has 0 saturated carbocycles. The maximum Gasteiger partial charge on any atom is 0.262 e. The fraction of sp³-hybridized carbons (Fsp3) is 0.640. The molecule has 2 rings (SSSR count). The zero-order valence-corrected chi connectivity index (χ0v) is 20.4. The van der Waals surface area contributed by atoms with E-state index >= 15 is 0 Å². The SMILES string of the molecule is CCC(CC)C(=O)N1CCC(NC(=O)/C(C#N)=C/c2cc(C)n(C(C)COC)c2C)CC1. The number of nitrogens with one attached hydrogen (secondary N) is 1. The summed E-state index contributed by atoms with van der Waals surface area (Å²) in [5.41, 5.74) is 3.02. The number of ether oxygens (including phenoxy) is 1. The Morgan fingerprint density at radius 1 is 1.28 bits per heavy atom. The van der Waals surface area contributed by atoms with Gasteiger partial charge in [0.05, 0.1) is 12.6 Å². The monoisotopic (exact) mass is 442 g/mol. The minimum atomic E-state index is -0.355. The van der Waals surface area contributed by atoms with Gasteiger partial charge in [-0.25, -0.2) is 0 Å². The number of hydrogen-bond donors (Lipinski definition) is 1. The summed E-state index contributed by atoms with van der Waals surface area (Å²) in [4.78, 5) is 27.3. The Morgan fingerprint density at radius 3 is 2.44 bits per heavy atom. The Bertz CT molecular complexity index is 868. The molecular weight excluding hydrogens is 404 g/mol.